The Hall–Kier alpha value is -2.06. The molecular formula is C80H152N2O6P+. The van der Waals surface area contributed by atoms with Gasteiger partial charge in [0.1, 0.15) is 13.2 Å². The SMILES string of the molecule is CC/C=C\C/C=C\C/C=C\C/C=C\CCCCCCCCCCCCCCCCCCCCCCCCCCCCC(=O)NC(COP(=O)(O)OCC[N+](C)(C)C)C(O)/C=C/CC/C=C/CCCCCCCCCCCCCCCCCCCCCCCC. The molecule has 0 bridgehead atoms. The van der Waals surface area contributed by atoms with Crippen molar-refractivity contribution in [2.24, 2.45) is 0 Å². The predicted molar refractivity (Wildman–Crippen MR) is 392 cm³/mol. The van der Waals surface area contributed by atoms with E-state index in [1.54, 1.807) is 6.08 Å². The van der Waals surface area contributed by atoms with Crippen LogP contribution in [0.15, 0.2) is 72.9 Å². The van der Waals surface area contributed by atoms with Crippen molar-refractivity contribution in [3.8, 4) is 0 Å². The van der Waals surface area contributed by atoms with Crippen LogP contribution in [0.1, 0.15) is 380 Å². The number of carbonyl (C=O) groups excluding carboxylic acids is 1. The van der Waals surface area contributed by atoms with Crippen LogP contribution in [0.4, 0.5) is 0 Å². The standard InChI is InChI=1S/C80H151N2O6P/c1-6-8-10-12-14-16-18-20-22-24-26-28-30-32-34-36-37-38-39-40-41-42-43-44-45-46-48-50-52-54-56-58-60-62-64-66-68-70-72-74-80(84)81-78(77-88-89(85,86)87-76-75-82(3,4)5)79(83)73-71-69-67-65-63-61-59-57-55-53-51-49-47-35-33-31-29-27-25-23-21-19-17-15-13-11-9-7-2/h8,10,14,16,20,22,26,28,63,65,71,73,78-79,83H,6-7,9,11-13,15,17-19,21,23-25,27,29-62,64,66-70,72,74-77H2,1-5H3,(H-,81,84,85,86)/p+1/b10-8-,16-14-,22-20-,28-26-,65-63+,73-71+. The molecule has 0 aromatic heterocycles. The number of aliphatic hydroxyl groups excluding tert-OH is 1. The van der Waals surface area contributed by atoms with Gasteiger partial charge in [-0.1, -0.05) is 376 Å². The maximum absolute atomic E-state index is 13.1. The van der Waals surface area contributed by atoms with Crippen LogP contribution in [0.25, 0.3) is 0 Å². The molecule has 0 heterocycles. The van der Waals surface area contributed by atoms with Crippen LogP contribution in [-0.2, 0) is 18.4 Å². The van der Waals surface area contributed by atoms with Gasteiger partial charge in [-0.2, -0.15) is 0 Å². The molecule has 0 aromatic rings. The van der Waals surface area contributed by atoms with Crippen LogP contribution in [0.2, 0.25) is 0 Å². The first-order valence-electron chi connectivity index (χ1n) is 38.8. The second-order valence-electron chi connectivity index (χ2n) is 27.7. The summed E-state index contributed by atoms with van der Waals surface area (Å²) in [4.78, 5) is 23.5. The van der Waals surface area contributed by atoms with Gasteiger partial charge in [0.15, 0.2) is 0 Å². The normalized spacial score (nSPS) is 13.9. The number of carbonyl (C=O) groups is 1. The summed E-state index contributed by atoms with van der Waals surface area (Å²) in [5, 5.41) is 14.0. The maximum atomic E-state index is 13.1. The molecule has 0 saturated carbocycles. The van der Waals surface area contributed by atoms with Crippen molar-refractivity contribution in [1.82, 2.24) is 5.32 Å². The molecule has 0 radical (unpaired) electrons. The summed E-state index contributed by atoms with van der Waals surface area (Å²) in [6.45, 7) is 4.74. The number of likely N-dealkylation sites (N-methyl/N-ethyl adjacent to an activating group) is 1. The summed E-state index contributed by atoms with van der Waals surface area (Å²) in [5.41, 5.74) is 0. The van der Waals surface area contributed by atoms with Crippen LogP contribution < -0.4 is 5.32 Å². The molecule has 0 saturated heterocycles. The van der Waals surface area contributed by atoms with Crippen molar-refractivity contribution in [1.29, 1.82) is 0 Å². The fraction of sp³-hybridized carbons (Fsp3) is 0.838. The molecule has 0 aliphatic carbocycles. The van der Waals surface area contributed by atoms with E-state index in [2.05, 4.69) is 79.9 Å². The zero-order chi connectivity index (χ0) is 64.8. The minimum Gasteiger partial charge on any atom is -0.387 e. The van der Waals surface area contributed by atoms with E-state index in [1.165, 1.54) is 295 Å². The summed E-state index contributed by atoms with van der Waals surface area (Å²) < 4.78 is 23.8. The molecule has 8 nitrogen and oxygen atoms in total. The number of phosphoric acid groups is 1. The Kier molecular flexibility index (Phi) is 68.6. The van der Waals surface area contributed by atoms with E-state index in [0.717, 1.165) is 64.2 Å². The van der Waals surface area contributed by atoms with E-state index in [-0.39, 0.29) is 19.1 Å². The first kappa shape index (κ1) is 86.9. The van der Waals surface area contributed by atoms with Gasteiger partial charge in [0, 0.05) is 6.42 Å². The Morgan fingerprint density at radius 1 is 0.393 bits per heavy atom. The van der Waals surface area contributed by atoms with Crippen molar-refractivity contribution in [2.75, 3.05) is 40.9 Å². The second kappa shape index (κ2) is 70.3. The third-order valence-electron chi connectivity index (χ3n) is 17.7. The molecule has 9 heteroatoms. The predicted octanol–water partition coefficient (Wildman–Crippen LogP) is 25.3. The van der Waals surface area contributed by atoms with Gasteiger partial charge < -0.3 is 19.8 Å². The highest BCUT2D eigenvalue weighted by molar-refractivity contribution is 7.47. The molecule has 0 aliphatic rings. The van der Waals surface area contributed by atoms with Crippen molar-refractivity contribution in [2.45, 2.75) is 392 Å². The topological polar surface area (TPSA) is 105 Å². The molecule has 3 atom stereocenters. The average Bonchev–Trinajstić information content (AvgIpc) is 3.55. The smallest absolute Gasteiger partial charge is 0.387 e. The summed E-state index contributed by atoms with van der Waals surface area (Å²) in [5.74, 6) is -0.180. The summed E-state index contributed by atoms with van der Waals surface area (Å²) in [6.07, 6.45) is 99.5. The average molecular weight is 1270 g/mol. The second-order valence-corrected chi connectivity index (χ2v) is 29.2. The maximum Gasteiger partial charge on any atom is 0.472 e. The lowest BCUT2D eigenvalue weighted by Crippen LogP contribution is -2.45. The molecule has 1 amide bonds. The van der Waals surface area contributed by atoms with E-state index in [0.29, 0.717) is 17.4 Å². The molecule has 3 unspecified atom stereocenters. The number of phosphoric ester groups is 1. The van der Waals surface area contributed by atoms with Crippen LogP contribution in [0, 0.1) is 0 Å². The Morgan fingerprint density at radius 3 is 1.03 bits per heavy atom. The van der Waals surface area contributed by atoms with Crippen molar-refractivity contribution < 1.29 is 32.9 Å². The van der Waals surface area contributed by atoms with E-state index in [1.807, 2.05) is 27.2 Å². The molecule has 0 aromatic carbocycles. The highest BCUT2D eigenvalue weighted by atomic mass is 31.2. The minimum absolute atomic E-state index is 0.0569. The summed E-state index contributed by atoms with van der Waals surface area (Å²) in [6, 6.07) is -0.866. The number of allylic oxidation sites excluding steroid dienone is 11. The number of aliphatic hydroxyl groups is 1. The number of rotatable bonds is 72. The first-order valence-corrected chi connectivity index (χ1v) is 40.3. The lowest BCUT2D eigenvalue weighted by molar-refractivity contribution is -0.870. The minimum atomic E-state index is -4.37. The zero-order valence-electron chi connectivity index (χ0n) is 59.9. The van der Waals surface area contributed by atoms with Gasteiger partial charge in [-0.25, -0.2) is 4.57 Å². The molecule has 0 aliphatic heterocycles. The fourth-order valence-electron chi connectivity index (χ4n) is 11.7. The van der Waals surface area contributed by atoms with Crippen LogP contribution in [0.5, 0.6) is 0 Å². The van der Waals surface area contributed by atoms with Crippen LogP contribution >= 0.6 is 7.82 Å². The monoisotopic (exact) mass is 1270 g/mol. The number of nitrogens with zero attached hydrogens (tertiary/aromatic N) is 1. The van der Waals surface area contributed by atoms with Gasteiger partial charge in [-0.15, -0.1) is 0 Å². The van der Waals surface area contributed by atoms with Crippen LogP contribution in [-0.4, -0.2) is 73.4 Å². The fourth-order valence-corrected chi connectivity index (χ4v) is 12.4. The number of unbranched alkanes of at least 4 members (excludes halogenated alkanes) is 49. The molecular weight excluding hydrogens is 1120 g/mol. The van der Waals surface area contributed by atoms with Gasteiger partial charge in [0.05, 0.1) is 39.9 Å². The van der Waals surface area contributed by atoms with Crippen LogP contribution in [0.3, 0.4) is 0 Å². The third-order valence-corrected chi connectivity index (χ3v) is 18.6. The van der Waals surface area contributed by atoms with Crippen molar-refractivity contribution in [3.63, 3.8) is 0 Å². The summed E-state index contributed by atoms with van der Waals surface area (Å²) in [7, 11) is 1.57. The molecule has 89 heavy (non-hydrogen) atoms. The first-order chi connectivity index (χ1) is 43.5. The number of nitrogens with one attached hydrogen (secondary N) is 1. The highest BCUT2D eigenvalue weighted by Crippen LogP contribution is 2.43. The Balaban J connectivity index is 3.97. The van der Waals surface area contributed by atoms with Gasteiger partial charge in [0.25, 0.3) is 0 Å². The third kappa shape index (κ3) is 73.2. The number of quaternary nitrogens is 1. The summed E-state index contributed by atoms with van der Waals surface area (Å²) >= 11 is 0. The van der Waals surface area contributed by atoms with E-state index < -0.39 is 20.0 Å². The van der Waals surface area contributed by atoms with Gasteiger partial charge in [-0.3, -0.25) is 13.8 Å². The van der Waals surface area contributed by atoms with E-state index in [4.69, 9.17) is 9.05 Å². The molecule has 0 rings (SSSR count). The lowest BCUT2D eigenvalue weighted by atomic mass is 10.0. The number of amides is 1. The number of hydrogen-bond donors (Lipinski definition) is 3. The van der Waals surface area contributed by atoms with Gasteiger partial charge in [-0.05, 0) is 70.6 Å². The Labute approximate surface area is 554 Å². The number of hydrogen-bond acceptors (Lipinski definition) is 5. The van der Waals surface area contributed by atoms with Crippen molar-refractivity contribution in [3.05, 3.63) is 72.9 Å². The lowest BCUT2D eigenvalue weighted by Gasteiger charge is -2.25. The molecule has 0 spiro atoms. The largest absolute Gasteiger partial charge is 0.472 e. The van der Waals surface area contributed by atoms with Gasteiger partial charge >= 0.3 is 7.82 Å². The van der Waals surface area contributed by atoms with E-state index >= 15 is 0 Å². The Morgan fingerprint density at radius 2 is 0.685 bits per heavy atom. The highest BCUT2D eigenvalue weighted by Gasteiger charge is 2.28. The molecule has 0 fully saturated rings. The molecule has 522 valence electrons. The quantitative estimate of drug-likeness (QED) is 0.0243. The van der Waals surface area contributed by atoms with Crippen molar-refractivity contribution >= 4 is 13.7 Å². The zero-order valence-corrected chi connectivity index (χ0v) is 60.8. The molecule has 3 N–H and O–H groups in total. The van der Waals surface area contributed by atoms with Gasteiger partial charge in [0.2, 0.25) is 5.91 Å². The van der Waals surface area contributed by atoms with E-state index in [9.17, 15) is 19.4 Å². The Bertz CT molecular complexity index is 1680.